The first kappa shape index (κ1) is 14.1. The van der Waals surface area contributed by atoms with Gasteiger partial charge in [-0.05, 0) is 38.8 Å². The van der Waals surface area contributed by atoms with E-state index in [0.717, 1.165) is 48.0 Å². The number of aromatic amines is 1. The van der Waals surface area contributed by atoms with Crippen molar-refractivity contribution in [2.75, 3.05) is 5.32 Å². The van der Waals surface area contributed by atoms with Crippen LogP contribution in [0.3, 0.4) is 0 Å². The van der Waals surface area contributed by atoms with E-state index in [1.165, 1.54) is 17.7 Å². The van der Waals surface area contributed by atoms with Gasteiger partial charge in [-0.1, -0.05) is 12.1 Å². The highest BCUT2D eigenvalue weighted by atomic mass is 15.3. The van der Waals surface area contributed by atoms with Crippen LogP contribution in [-0.4, -0.2) is 19.7 Å². The van der Waals surface area contributed by atoms with Gasteiger partial charge in [0, 0.05) is 41.3 Å². The summed E-state index contributed by atoms with van der Waals surface area (Å²) in [5, 5.41) is 7.96. The zero-order valence-corrected chi connectivity index (χ0v) is 13.6. The van der Waals surface area contributed by atoms with Crippen LogP contribution in [-0.2, 0) is 19.5 Å². The number of rotatable bonds is 4. The van der Waals surface area contributed by atoms with Gasteiger partial charge < -0.3 is 10.3 Å². The third kappa shape index (κ3) is 2.63. The van der Waals surface area contributed by atoms with Crippen LogP contribution in [0, 0.1) is 13.8 Å². The molecule has 23 heavy (non-hydrogen) atoms. The van der Waals surface area contributed by atoms with Crippen molar-refractivity contribution in [3.05, 3.63) is 53.1 Å². The fraction of sp³-hybridized carbons (Fsp3) is 0.333. The molecule has 0 fully saturated rings. The zero-order valence-electron chi connectivity index (χ0n) is 13.6. The first-order chi connectivity index (χ1) is 11.2. The normalized spacial score (nSPS) is 13.3. The molecule has 4 rings (SSSR count). The molecule has 5 heteroatoms. The molecule has 0 bridgehead atoms. The van der Waals surface area contributed by atoms with E-state index in [9.17, 15) is 0 Å². The molecule has 1 aliphatic rings. The van der Waals surface area contributed by atoms with Crippen LogP contribution >= 0.6 is 0 Å². The molecule has 0 saturated carbocycles. The second-order valence-corrected chi connectivity index (χ2v) is 6.17. The van der Waals surface area contributed by atoms with Crippen molar-refractivity contribution < 1.29 is 0 Å². The van der Waals surface area contributed by atoms with E-state index in [1.54, 1.807) is 0 Å². The molecule has 0 aliphatic carbocycles. The summed E-state index contributed by atoms with van der Waals surface area (Å²) in [4.78, 5) is 7.92. The average molecular weight is 307 g/mol. The largest absolute Gasteiger partial charge is 0.381 e. The molecular formula is C18H21N5. The lowest BCUT2D eigenvalue weighted by molar-refractivity contribution is 0.656. The van der Waals surface area contributed by atoms with Crippen LogP contribution in [0.15, 0.2) is 30.5 Å². The average Bonchev–Trinajstić information content (AvgIpc) is 3.23. The lowest BCUT2D eigenvalue weighted by Gasteiger charge is -2.07. The Morgan fingerprint density at radius 1 is 1.30 bits per heavy atom. The Kier molecular flexibility index (Phi) is 3.41. The molecule has 0 saturated heterocycles. The summed E-state index contributed by atoms with van der Waals surface area (Å²) in [6.45, 7) is 5.95. The summed E-state index contributed by atoms with van der Waals surface area (Å²) in [7, 11) is 0. The molecule has 1 aromatic carbocycles. The maximum Gasteiger partial charge on any atom is 0.137 e. The molecule has 1 aliphatic heterocycles. The van der Waals surface area contributed by atoms with Gasteiger partial charge in [-0.15, -0.1) is 0 Å². The van der Waals surface area contributed by atoms with Crippen molar-refractivity contribution in [2.24, 2.45) is 0 Å². The van der Waals surface area contributed by atoms with E-state index < -0.39 is 0 Å². The Morgan fingerprint density at radius 2 is 2.22 bits per heavy atom. The molecule has 0 unspecified atom stereocenters. The van der Waals surface area contributed by atoms with Crippen molar-refractivity contribution >= 4 is 5.69 Å². The van der Waals surface area contributed by atoms with E-state index in [-0.39, 0.29) is 0 Å². The third-order valence-corrected chi connectivity index (χ3v) is 4.57. The highest BCUT2D eigenvalue weighted by Crippen LogP contribution is 2.23. The van der Waals surface area contributed by atoms with Crippen molar-refractivity contribution in [3.8, 4) is 11.4 Å². The topological polar surface area (TPSA) is 58.5 Å². The summed E-state index contributed by atoms with van der Waals surface area (Å²) in [5.41, 5.74) is 7.06. The van der Waals surface area contributed by atoms with Gasteiger partial charge in [-0.25, -0.2) is 4.98 Å². The SMILES string of the molecule is Cc1nc(-c2cccc(NCc3cnn4c3CCC4)c2)[nH]c1C. The Balaban J connectivity index is 1.52. The Hall–Kier alpha value is -2.56. The monoisotopic (exact) mass is 307 g/mol. The van der Waals surface area contributed by atoms with Gasteiger partial charge in [-0.3, -0.25) is 4.68 Å². The second-order valence-electron chi connectivity index (χ2n) is 6.17. The molecule has 2 N–H and O–H groups in total. The first-order valence-electron chi connectivity index (χ1n) is 8.12. The Labute approximate surface area is 135 Å². The Bertz CT molecular complexity index is 823. The van der Waals surface area contributed by atoms with E-state index in [4.69, 9.17) is 0 Å². The molecule has 0 spiro atoms. The quantitative estimate of drug-likeness (QED) is 0.776. The second kappa shape index (κ2) is 5.57. The number of hydrogen-bond donors (Lipinski definition) is 2. The number of fused-ring (bicyclic) bond motifs is 1. The van der Waals surface area contributed by atoms with Crippen LogP contribution in [0.25, 0.3) is 11.4 Å². The number of benzene rings is 1. The summed E-state index contributed by atoms with van der Waals surface area (Å²) >= 11 is 0. The van der Waals surface area contributed by atoms with Crippen LogP contribution < -0.4 is 5.32 Å². The lowest BCUT2D eigenvalue weighted by Crippen LogP contribution is -2.01. The van der Waals surface area contributed by atoms with E-state index in [2.05, 4.69) is 56.3 Å². The summed E-state index contributed by atoms with van der Waals surface area (Å²) < 4.78 is 2.13. The van der Waals surface area contributed by atoms with Crippen LogP contribution in [0.5, 0.6) is 0 Å². The van der Waals surface area contributed by atoms with Crippen LogP contribution in [0.2, 0.25) is 0 Å². The minimum Gasteiger partial charge on any atom is -0.381 e. The van der Waals surface area contributed by atoms with Crippen molar-refractivity contribution in [3.63, 3.8) is 0 Å². The summed E-state index contributed by atoms with van der Waals surface area (Å²) in [5.74, 6) is 0.926. The predicted octanol–water partition coefficient (Wildman–Crippen LogP) is 3.45. The first-order valence-corrected chi connectivity index (χ1v) is 8.12. The molecular weight excluding hydrogens is 286 g/mol. The highest BCUT2D eigenvalue weighted by Gasteiger charge is 2.15. The Morgan fingerprint density at radius 3 is 3.04 bits per heavy atom. The minimum atomic E-state index is 0.814. The lowest BCUT2D eigenvalue weighted by atomic mass is 10.1. The van der Waals surface area contributed by atoms with E-state index in [0.29, 0.717) is 0 Å². The molecule has 3 aromatic rings. The van der Waals surface area contributed by atoms with Gasteiger partial charge in [0.2, 0.25) is 0 Å². The zero-order chi connectivity index (χ0) is 15.8. The predicted molar refractivity (Wildman–Crippen MR) is 91.4 cm³/mol. The summed E-state index contributed by atoms with van der Waals surface area (Å²) in [6.07, 6.45) is 4.34. The van der Waals surface area contributed by atoms with Gasteiger partial charge in [0.15, 0.2) is 0 Å². The van der Waals surface area contributed by atoms with Crippen LogP contribution in [0.4, 0.5) is 5.69 Å². The van der Waals surface area contributed by atoms with Gasteiger partial charge in [0.05, 0.1) is 11.9 Å². The molecule has 0 amide bonds. The smallest absolute Gasteiger partial charge is 0.137 e. The van der Waals surface area contributed by atoms with Gasteiger partial charge in [0.1, 0.15) is 5.82 Å². The number of hydrogen-bond acceptors (Lipinski definition) is 3. The van der Waals surface area contributed by atoms with Gasteiger partial charge >= 0.3 is 0 Å². The van der Waals surface area contributed by atoms with Gasteiger partial charge in [-0.2, -0.15) is 5.10 Å². The number of nitrogens with one attached hydrogen (secondary N) is 2. The fourth-order valence-corrected chi connectivity index (χ4v) is 3.13. The highest BCUT2D eigenvalue weighted by molar-refractivity contribution is 5.63. The van der Waals surface area contributed by atoms with Crippen LogP contribution in [0.1, 0.15) is 29.1 Å². The number of nitrogens with zero attached hydrogens (tertiary/aromatic N) is 3. The van der Waals surface area contributed by atoms with E-state index >= 15 is 0 Å². The molecule has 0 radical (unpaired) electrons. The van der Waals surface area contributed by atoms with Crippen molar-refractivity contribution in [1.82, 2.24) is 19.7 Å². The number of aromatic nitrogens is 4. The van der Waals surface area contributed by atoms with Crippen molar-refractivity contribution in [1.29, 1.82) is 0 Å². The number of imidazole rings is 1. The minimum absolute atomic E-state index is 0.814. The van der Waals surface area contributed by atoms with E-state index in [1.807, 2.05) is 13.1 Å². The fourth-order valence-electron chi connectivity index (χ4n) is 3.13. The molecule has 0 atom stereocenters. The number of aryl methyl sites for hydroxylation is 3. The number of H-pyrrole nitrogens is 1. The molecule has 5 nitrogen and oxygen atoms in total. The maximum atomic E-state index is 4.58. The molecule has 2 aromatic heterocycles. The van der Waals surface area contributed by atoms with Crippen molar-refractivity contribution in [2.45, 2.75) is 39.8 Å². The molecule has 118 valence electrons. The standard InChI is InChI=1S/C18H21N5/c1-12-13(2)22-18(21-12)14-5-3-6-16(9-14)19-10-15-11-20-23-8-4-7-17(15)23/h3,5-6,9,11,19H,4,7-8,10H2,1-2H3,(H,21,22). The molecule has 3 heterocycles. The number of anilines is 1. The third-order valence-electron chi connectivity index (χ3n) is 4.57. The van der Waals surface area contributed by atoms with Gasteiger partial charge in [0.25, 0.3) is 0 Å². The maximum absolute atomic E-state index is 4.58. The summed E-state index contributed by atoms with van der Waals surface area (Å²) in [6, 6.07) is 8.38.